The summed E-state index contributed by atoms with van der Waals surface area (Å²) in [7, 11) is 0. The summed E-state index contributed by atoms with van der Waals surface area (Å²) in [6.45, 7) is 5.09. The van der Waals surface area contributed by atoms with Gasteiger partial charge >= 0.3 is 12.1 Å². The number of carboxylic acid groups (broad SMARTS) is 1. The molecule has 1 heterocycles. The third-order valence-corrected chi connectivity index (χ3v) is 5.19. The Hall–Kier alpha value is -1.45. The molecule has 0 bridgehead atoms. The minimum absolute atomic E-state index is 0.217. The summed E-state index contributed by atoms with van der Waals surface area (Å²) in [6.07, 6.45) is 3.26. The molecule has 9 heteroatoms. The highest BCUT2D eigenvalue weighted by Gasteiger charge is 2.33. The van der Waals surface area contributed by atoms with Gasteiger partial charge in [-0.1, -0.05) is 23.2 Å². The molecule has 1 aromatic rings. The van der Waals surface area contributed by atoms with Gasteiger partial charge in [-0.25, -0.2) is 9.59 Å². The van der Waals surface area contributed by atoms with Gasteiger partial charge in [-0.2, -0.15) is 0 Å². The van der Waals surface area contributed by atoms with Crippen molar-refractivity contribution in [2.45, 2.75) is 32.4 Å². The predicted octanol–water partition coefficient (Wildman–Crippen LogP) is 5.08. The Morgan fingerprint density at radius 1 is 1.23 bits per heavy atom. The average molecular weight is 512 g/mol. The number of benzene rings is 1. The van der Waals surface area contributed by atoms with Crippen molar-refractivity contribution in [3.05, 3.63) is 49.9 Å². The van der Waals surface area contributed by atoms with E-state index in [4.69, 9.17) is 32.7 Å². The van der Waals surface area contributed by atoms with Gasteiger partial charge in [-0.05, 0) is 67.6 Å². The van der Waals surface area contributed by atoms with Crippen LogP contribution in [0.25, 0.3) is 0 Å². The van der Waals surface area contributed by atoms with Crippen LogP contribution in [0.5, 0.6) is 5.75 Å². The first kappa shape index (κ1) is 20.9. The first-order valence-electron chi connectivity index (χ1n) is 7.45. The summed E-state index contributed by atoms with van der Waals surface area (Å²) >= 11 is 14.3. The van der Waals surface area contributed by atoms with E-state index < -0.39 is 23.7 Å². The number of nitrogens with zero attached hydrogens (tertiary/aromatic N) is 1. The largest absolute Gasteiger partial charge is 0.479 e. The molecule has 140 valence electrons. The molecular weight excluding hydrogens is 496 g/mol. The van der Waals surface area contributed by atoms with Crippen molar-refractivity contribution < 1.29 is 24.2 Å². The standard InChI is InChI=1S/C17H16Cl2INO5/c1-17(2,3)26-16(24)21-7-6-9(8-11(21)15(22)23)25-12-5-4-10(20)13(18)14(12)19/h4-8,11H,1-3H3,(H,22,23)/t11-/m0/s1. The maximum Gasteiger partial charge on any atom is 0.415 e. The van der Waals surface area contributed by atoms with E-state index in [2.05, 4.69) is 0 Å². The van der Waals surface area contributed by atoms with Crippen LogP contribution < -0.4 is 4.74 Å². The Morgan fingerprint density at radius 2 is 1.88 bits per heavy atom. The van der Waals surface area contributed by atoms with Crippen molar-refractivity contribution >= 4 is 57.9 Å². The Labute approximate surface area is 174 Å². The third-order valence-electron chi connectivity index (χ3n) is 3.11. The van der Waals surface area contributed by atoms with E-state index in [1.54, 1.807) is 32.9 Å². The average Bonchev–Trinajstić information content (AvgIpc) is 2.53. The molecule has 0 unspecified atom stereocenters. The zero-order valence-electron chi connectivity index (χ0n) is 14.1. The van der Waals surface area contributed by atoms with E-state index in [1.807, 2.05) is 22.6 Å². The minimum atomic E-state index is -1.28. The van der Waals surface area contributed by atoms with Gasteiger partial charge in [0.2, 0.25) is 0 Å². The molecule has 6 nitrogen and oxygen atoms in total. The van der Waals surface area contributed by atoms with Crippen molar-refractivity contribution in [2.75, 3.05) is 0 Å². The molecule has 1 atom stereocenters. The summed E-state index contributed by atoms with van der Waals surface area (Å²) in [5.74, 6) is -0.729. The van der Waals surface area contributed by atoms with E-state index in [0.29, 0.717) is 5.02 Å². The first-order valence-corrected chi connectivity index (χ1v) is 9.28. The van der Waals surface area contributed by atoms with Crippen molar-refractivity contribution in [1.29, 1.82) is 0 Å². The van der Waals surface area contributed by atoms with Crippen LogP contribution in [0.3, 0.4) is 0 Å². The molecule has 1 aliphatic heterocycles. The SMILES string of the molecule is CC(C)(C)OC(=O)N1C=CC(Oc2ccc(I)c(Cl)c2Cl)=C[C@H]1C(=O)O. The van der Waals surface area contributed by atoms with E-state index in [1.165, 1.54) is 18.4 Å². The number of amides is 1. The van der Waals surface area contributed by atoms with Gasteiger partial charge in [0.05, 0.1) is 5.02 Å². The molecule has 0 saturated carbocycles. The molecule has 0 radical (unpaired) electrons. The number of carboxylic acids is 1. The second-order valence-electron chi connectivity index (χ2n) is 6.33. The van der Waals surface area contributed by atoms with E-state index in [0.717, 1.165) is 8.47 Å². The lowest BCUT2D eigenvalue weighted by molar-refractivity contribution is -0.140. The number of ether oxygens (including phenoxy) is 2. The summed E-state index contributed by atoms with van der Waals surface area (Å²) < 4.78 is 11.6. The lowest BCUT2D eigenvalue weighted by Crippen LogP contribution is -2.44. The molecule has 26 heavy (non-hydrogen) atoms. The zero-order chi connectivity index (χ0) is 19.6. The minimum Gasteiger partial charge on any atom is -0.479 e. The second-order valence-corrected chi connectivity index (χ2v) is 8.25. The quantitative estimate of drug-likeness (QED) is 0.452. The highest BCUT2D eigenvalue weighted by Crippen LogP contribution is 2.36. The van der Waals surface area contributed by atoms with Gasteiger partial charge < -0.3 is 14.6 Å². The summed E-state index contributed by atoms with van der Waals surface area (Å²) in [6, 6.07) is 2.07. The molecular formula is C17H16Cl2INO5. The van der Waals surface area contributed by atoms with Crippen LogP contribution in [0.15, 0.2) is 36.2 Å². The molecule has 1 amide bonds. The molecule has 0 aromatic heterocycles. The number of carbonyl (C=O) groups excluding carboxylic acids is 1. The zero-order valence-corrected chi connectivity index (χ0v) is 17.8. The van der Waals surface area contributed by atoms with Crippen molar-refractivity contribution in [3.8, 4) is 5.75 Å². The normalized spacial score (nSPS) is 16.9. The lowest BCUT2D eigenvalue weighted by atomic mass is 10.1. The maximum absolute atomic E-state index is 12.2. The molecule has 0 saturated heterocycles. The van der Waals surface area contributed by atoms with Crippen LogP contribution in [0.4, 0.5) is 4.79 Å². The van der Waals surface area contributed by atoms with Gasteiger partial charge in [0.15, 0.2) is 6.04 Å². The highest BCUT2D eigenvalue weighted by molar-refractivity contribution is 14.1. The molecule has 0 aliphatic carbocycles. The third kappa shape index (κ3) is 5.05. The Kier molecular flexibility index (Phi) is 6.46. The van der Waals surface area contributed by atoms with Crippen molar-refractivity contribution in [1.82, 2.24) is 4.90 Å². The molecule has 1 aliphatic rings. The number of aliphatic carboxylic acids is 1. The summed E-state index contributed by atoms with van der Waals surface area (Å²) in [5.41, 5.74) is -0.750. The van der Waals surface area contributed by atoms with E-state index >= 15 is 0 Å². The van der Waals surface area contributed by atoms with Crippen LogP contribution in [0.1, 0.15) is 20.8 Å². The number of hydrogen-bond acceptors (Lipinski definition) is 4. The molecule has 0 spiro atoms. The van der Waals surface area contributed by atoms with Gasteiger partial charge in [0.25, 0.3) is 0 Å². The fourth-order valence-electron chi connectivity index (χ4n) is 2.00. The van der Waals surface area contributed by atoms with Crippen LogP contribution in [0, 0.1) is 3.57 Å². The van der Waals surface area contributed by atoms with Gasteiger partial charge in [0, 0.05) is 9.77 Å². The van der Waals surface area contributed by atoms with E-state index in [-0.39, 0.29) is 16.5 Å². The molecule has 1 aromatic carbocycles. The van der Waals surface area contributed by atoms with Gasteiger partial charge in [-0.15, -0.1) is 0 Å². The monoisotopic (exact) mass is 511 g/mol. The van der Waals surface area contributed by atoms with Gasteiger partial charge in [-0.3, -0.25) is 4.90 Å². The van der Waals surface area contributed by atoms with Crippen LogP contribution in [0.2, 0.25) is 10.0 Å². The number of hydrogen-bond donors (Lipinski definition) is 1. The molecule has 1 N–H and O–H groups in total. The number of halogens is 3. The Bertz CT molecular complexity index is 801. The van der Waals surface area contributed by atoms with E-state index in [9.17, 15) is 14.7 Å². The second kappa shape index (κ2) is 8.06. The number of rotatable bonds is 3. The van der Waals surface area contributed by atoms with Crippen LogP contribution in [-0.2, 0) is 9.53 Å². The fraction of sp³-hybridized carbons (Fsp3) is 0.294. The van der Waals surface area contributed by atoms with Crippen molar-refractivity contribution in [2.24, 2.45) is 0 Å². The van der Waals surface area contributed by atoms with Crippen LogP contribution in [-0.4, -0.2) is 33.7 Å². The first-order chi connectivity index (χ1) is 12.0. The lowest BCUT2D eigenvalue weighted by Gasteiger charge is -2.29. The smallest absolute Gasteiger partial charge is 0.415 e. The fourth-order valence-corrected chi connectivity index (χ4v) is 2.97. The predicted molar refractivity (Wildman–Crippen MR) is 107 cm³/mol. The Morgan fingerprint density at radius 3 is 2.46 bits per heavy atom. The topological polar surface area (TPSA) is 76.1 Å². The maximum atomic E-state index is 12.2. The number of allylic oxidation sites excluding steroid dienone is 1. The van der Waals surface area contributed by atoms with Gasteiger partial charge in [0.1, 0.15) is 22.1 Å². The summed E-state index contributed by atoms with van der Waals surface area (Å²) in [4.78, 5) is 24.8. The Balaban J connectivity index is 2.25. The number of carbonyl (C=O) groups is 2. The molecule has 2 rings (SSSR count). The van der Waals surface area contributed by atoms with Crippen LogP contribution >= 0.6 is 45.8 Å². The molecule has 0 fully saturated rings. The highest BCUT2D eigenvalue weighted by atomic mass is 127. The van der Waals surface area contributed by atoms with Crippen molar-refractivity contribution in [3.63, 3.8) is 0 Å². The summed E-state index contributed by atoms with van der Waals surface area (Å²) in [5, 5.41) is 10.0.